The van der Waals surface area contributed by atoms with Gasteiger partial charge in [-0.25, -0.2) is 9.67 Å². The van der Waals surface area contributed by atoms with Crippen LogP contribution in [0.3, 0.4) is 0 Å². The zero-order chi connectivity index (χ0) is 14.3. The number of nitrogens with two attached hydrogens (primary N) is 1. The zero-order valence-corrected chi connectivity index (χ0v) is 11.3. The number of aromatic nitrogens is 3. The number of carbonyl (C=O) groups is 1. The number of carbonyl (C=O) groups excluding carboxylic acids is 1. The molecule has 0 aliphatic heterocycles. The summed E-state index contributed by atoms with van der Waals surface area (Å²) in [5.41, 5.74) is 8.52. The fraction of sp³-hybridized carbons (Fsp3) is 0.133. The highest BCUT2D eigenvalue weighted by molar-refractivity contribution is 6.05. The first kappa shape index (κ1) is 12.3. The van der Waals surface area contributed by atoms with Crippen LogP contribution in [0.4, 0.5) is 0 Å². The summed E-state index contributed by atoms with van der Waals surface area (Å²) in [6, 6.07) is 11.1. The van der Waals surface area contributed by atoms with Crippen LogP contribution in [0.25, 0.3) is 16.7 Å². The average Bonchev–Trinajstić information content (AvgIpc) is 2.76. The first-order chi connectivity index (χ1) is 9.56. The highest BCUT2D eigenvalue weighted by atomic mass is 16.1. The molecule has 0 saturated heterocycles. The zero-order valence-electron chi connectivity index (χ0n) is 11.3. The number of aryl methyl sites for hydroxylation is 2. The molecule has 1 aromatic carbocycles. The number of primary amides is 1. The van der Waals surface area contributed by atoms with Gasteiger partial charge in [-0.05, 0) is 32.0 Å². The second-order valence-electron chi connectivity index (χ2n) is 4.75. The van der Waals surface area contributed by atoms with Gasteiger partial charge in [0.1, 0.15) is 0 Å². The SMILES string of the molecule is Cc1cc(C)n(-c2cc(C(N)=O)c3ccccc3n2)n1. The minimum atomic E-state index is -0.466. The molecule has 0 bridgehead atoms. The van der Waals surface area contributed by atoms with Gasteiger partial charge in [0.25, 0.3) is 0 Å². The molecule has 100 valence electrons. The van der Waals surface area contributed by atoms with Gasteiger partial charge in [-0.3, -0.25) is 4.79 Å². The minimum Gasteiger partial charge on any atom is -0.366 e. The van der Waals surface area contributed by atoms with E-state index in [1.165, 1.54) is 0 Å². The van der Waals surface area contributed by atoms with E-state index in [-0.39, 0.29) is 0 Å². The minimum absolute atomic E-state index is 0.457. The van der Waals surface area contributed by atoms with Crippen LogP contribution in [0.15, 0.2) is 36.4 Å². The maximum atomic E-state index is 11.7. The standard InChI is InChI=1S/C15H14N4O/c1-9-7-10(2)19(18-9)14-8-12(15(16)20)11-5-3-4-6-13(11)17-14/h3-8H,1-2H3,(H2,16,20). The predicted molar refractivity (Wildman–Crippen MR) is 76.9 cm³/mol. The summed E-state index contributed by atoms with van der Waals surface area (Å²) in [5, 5.41) is 5.14. The summed E-state index contributed by atoms with van der Waals surface area (Å²) in [6.07, 6.45) is 0. The first-order valence-corrected chi connectivity index (χ1v) is 6.29. The summed E-state index contributed by atoms with van der Waals surface area (Å²) in [7, 11) is 0. The van der Waals surface area contributed by atoms with Crippen LogP contribution in [0.2, 0.25) is 0 Å². The first-order valence-electron chi connectivity index (χ1n) is 6.29. The molecule has 2 aromatic heterocycles. The highest BCUT2D eigenvalue weighted by Crippen LogP contribution is 2.20. The fourth-order valence-corrected chi connectivity index (χ4v) is 2.33. The molecule has 0 saturated carbocycles. The molecular weight excluding hydrogens is 252 g/mol. The summed E-state index contributed by atoms with van der Waals surface area (Å²) in [4.78, 5) is 16.2. The highest BCUT2D eigenvalue weighted by Gasteiger charge is 2.12. The number of para-hydroxylation sites is 1. The molecule has 0 fully saturated rings. The van der Waals surface area contributed by atoms with Gasteiger partial charge >= 0.3 is 0 Å². The Labute approximate surface area is 116 Å². The van der Waals surface area contributed by atoms with E-state index in [0.717, 1.165) is 22.3 Å². The van der Waals surface area contributed by atoms with Gasteiger partial charge in [-0.1, -0.05) is 18.2 Å². The lowest BCUT2D eigenvalue weighted by Gasteiger charge is -2.08. The fourth-order valence-electron chi connectivity index (χ4n) is 2.33. The molecule has 0 spiro atoms. The molecule has 0 aliphatic carbocycles. The number of rotatable bonds is 2. The van der Waals surface area contributed by atoms with Gasteiger partial charge in [0.05, 0.1) is 16.8 Å². The summed E-state index contributed by atoms with van der Waals surface area (Å²) < 4.78 is 1.72. The molecule has 2 heterocycles. The van der Waals surface area contributed by atoms with Crippen LogP contribution in [0.5, 0.6) is 0 Å². The summed E-state index contributed by atoms with van der Waals surface area (Å²) >= 11 is 0. The third-order valence-electron chi connectivity index (χ3n) is 3.19. The van der Waals surface area contributed by atoms with Gasteiger partial charge in [0, 0.05) is 11.1 Å². The van der Waals surface area contributed by atoms with Crippen molar-refractivity contribution in [2.75, 3.05) is 0 Å². The lowest BCUT2D eigenvalue weighted by atomic mass is 10.1. The van der Waals surface area contributed by atoms with E-state index in [1.807, 2.05) is 44.2 Å². The van der Waals surface area contributed by atoms with E-state index in [2.05, 4.69) is 10.1 Å². The van der Waals surface area contributed by atoms with Gasteiger partial charge < -0.3 is 5.73 Å². The van der Waals surface area contributed by atoms with E-state index >= 15 is 0 Å². The van der Waals surface area contributed by atoms with Crippen molar-refractivity contribution in [3.63, 3.8) is 0 Å². The van der Waals surface area contributed by atoms with Gasteiger partial charge in [-0.15, -0.1) is 0 Å². The van der Waals surface area contributed by atoms with Gasteiger partial charge in [0.2, 0.25) is 5.91 Å². The van der Waals surface area contributed by atoms with Crippen LogP contribution in [-0.2, 0) is 0 Å². The van der Waals surface area contributed by atoms with E-state index in [9.17, 15) is 4.79 Å². The third kappa shape index (κ3) is 1.93. The van der Waals surface area contributed by atoms with Crippen molar-refractivity contribution in [1.82, 2.24) is 14.8 Å². The Bertz CT molecular complexity index is 820. The summed E-state index contributed by atoms with van der Waals surface area (Å²) in [6.45, 7) is 3.86. The molecule has 0 radical (unpaired) electrons. The second kappa shape index (κ2) is 4.45. The largest absolute Gasteiger partial charge is 0.366 e. The Balaban J connectivity index is 2.32. The monoisotopic (exact) mass is 266 g/mol. The molecule has 5 nitrogen and oxygen atoms in total. The molecular formula is C15H14N4O. The molecule has 0 aliphatic rings. The van der Waals surface area contributed by atoms with Crippen molar-refractivity contribution in [3.8, 4) is 5.82 Å². The normalized spacial score (nSPS) is 10.9. The van der Waals surface area contributed by atoms with Crippen LogP contribution < -0.4 is 5.73 Å². The lowest BCUT2D eigenvalue weighted by molar-refractivity contribution is 0.100. The maximum Gasteiger partial charge on any atom is 0.249 e. The van der Waals surface area contributed by atoms with Crippen LogP contribution in [-0.4, -0.2) is 20.7 Å². The van der Waals surface area contributed by atoms with Crippen molar-refractivity contribution in [2.45, 2.75) is 13.8 Å². The van der Waals surface area contributed by atoms with E-state index in [4.69, 9.17) is 5.73 Å². The molecule has 5 heteroatoms. The maximum absolute atomic E-state index is 11.7. The Morgan fingerprint density at radius 2 is 1.95 bits per heavy atom. The van der Waals surface area contributed by atoms with E-state index < -0.39 is 5.91 Å². The van der Waals surface area contributed by atoms with Crippen molar-refractivity contribution >= 4 is 16.8 Å². The van der Waals surface area contributed by atoms with Gasteiger partial charge in [0.15, 0.2) is 5.82 Å². The number of benzene rings is 1. The van der Waals surface area contributed by atoms with Crippen LogP contribution >= 0.6 is 0 Å². The Hall–Kier alpha value is -2.69. The number of pyridine rings is 1. The van der Waals surface area contributed by atoms with E-state index in [0.29, 0.717) is 11.4 Å². The average molecular weight is 266 g/mol. The number of fused-ring (bicyclic) bond motifs is 1. The molecule has 3 aromatic rings. The van der Waals surface area contributed by atoms with Crippen molar-refractivity contribution in [1.29, 1.82) is 0 Å². The molecule has 3 rings (SSSR count). The van der Waals surface area contributed by atoms with Crippen molar-refractivity contribution in [3.05, 3.63) is 53.3 Å². The lowest BCUT2D eigenvalue weighted by Crippen LogP contribution is -2.13. The van der Waals surface area contributed by atoms with Crippen LogP contribution in [0, 0.1) is 13.8 Å². The molecule has 0 unspecified atom stereocenters. The molecule has 20 heavy (non-hydrogen) atoms. The van der Waals surface area contributed by atoms with Gasteiger partial charge in [-0.2, -0.15) is 5.10 Å². The quantitative estimate of drug-likeness (QED) is 0.772. The molecule has 1 amide bonds. The second-order valence-corrected chi connectivity index (χ2v) is 4.75. The van der Waals surface area contributed by atoms with Crippen molar-refractivity contribution < 1.29 is 4.79 Å². The Morgan fingerprint density at radius 1 is 1.20 bits per heavy atom. The molecule has 0 atom stereocenters. The smallest absolute Gasteiger partial charge is 0.249 e. The van der Waals surface area contributed by atoms with E-state index in [1.54, 1.807) is 10.7 Å². The Morgan fingerprint density at radius 3 is 2.60 bits per heavy atom. The Kier molecular flexibility index (Phi) is 2.75. The third-order valence-corrected chi connectivity index (χ3v) is 3.19. The number of amides is 1. The van der Waals surface area contributed by atoms with Crippen molar-refractivity contribution in [2.24, 2.45) is 5.73 Å². The van der Waals surface area contributed by atoms with Crippen LogP contribution in [0.1, 0.15) is 21.7 Å². The topological polar surface area (TPSA) is 73.8 Å². The number of hydrogen-bond acceptors (Lipinski definition) is 3. The predicted octanol–water partition coefficient (Wildman–Crippen LogP) is 2.14. The number of nitrogens with zero attached hydrogens (tertiary/aromatic N) is 3. The summed E-state index contributed by atoms with van der Waals surface area (Å²) in [5.74, 6) is 0.134. The number of hydrogen-bond donors (Lipinski definition) is 1. The molecule has 2 N–H and O–H groups in total.